The molecule has 0 heterocycles. The van der Waals surface area contributed by atoms with Crippen molar-refractivity contribution in [1.29, 1.82) is 0 Å². The standard InChI is InChI=1S/C16H27NO/c1-13(2)17-12-14(3)6-5-7-15-8-10-16(18-4)11-9-15/h8-11,13-14,17H,5-7,12H2,1-4H3. The molecule has 0 fully saturated rings. The van der Waals surface area contributed by atoms with Gasteiger partial charge in [0.1, 0.15) is 5.75 Å². The molecule has 1 unspecified atom stereocenters. The summed E-state index contributed by atoms with van der Waals surface area (Å²) in [4.78, 5) is 0. The fourth-order valence-electron chi connectivity index (χ4n) is 1.99. The average Bonchev–Trinajstić information content (AvgIpc) is 2.37. The highest BCUT2D eigenvalue weighted by molar-refractivity contribution is 5.27. The number of nitrogens with one attached hydrogen (secondary N) is 1. The Balaban J connectivity index is 2.20. The first-order valence-electron chi connectivity index (χ1n) is 6.98. The number of aryl methyl sites for hydroxylation is 1. The zero-order valence-corrected chi connectivity index (χ0v) is 12.2. The molecule has 1 aromatic rings. The van der Waals surface area contributed by atoms with Crippen LogP contribution in [0.1, 0.15) is 39.2 Å². The summed E-state index contributed by atoms with van der Waals surface area (Å²) in [5.74, 6) is 1.69. The minimum Gasteiger partial charge on any atom is -0.497 e. The number of rotatable bonds is 8. The van der Waals surface area contributed by atoms with Crippen molar-refractivity contribution in [2.24, 2.45) is 5.92 Å². The summed E-state index contributed by atoms with van der Waals surface area (Å²) in [6, 6.07) is 9.00. The molecule has 0 radical (unpaired) electrons. The molecule has 0 aliphatic heterocycles. The number of hydrogen-bond donors (Lipinski definition) is 1. The SMILES string of the molecule is COc1ccc(CCCC(C)CNC(C)C)cc1. The fourth-order valence-corrected chi connectivity index (χ4v) is 1.99. The first-order chi connectivity index (χ1) is 8.61. The number of ether oxygens (including phenoxy) is 1. The van der Waals surface area contributed by atoms with Crippen molar-refractivity contribution in [2.45, 2.75) is 46.1 Å². The third-order valence-electron chi connectivity index (χ3n) is 3.20. The first-order valence-corrected chi connectivity index (χ1v) is 6.98. The zero-order chi connectivity index (χ0) is 13.4. The molecule has 0 saturated carbocycles. The summed E-state index contributed by atoms with van der Waals surface area (Å²) in [6.45, 7) is 7.85. The highest BCUT2D eigenvalue weighted by Crippen LogP contribution is 2.14. The maximum atomic E-state index is 5.16. The molecule has 0 aliphatic rings. The van der Waals surface area contributed by atoms with Crippen molar-refractivity contribution in [3.8, 4) is 5.75 Å². The minimum atomic E-state index is 0.592. The van der Waals surface area contributed by atoms with Crippen molar-refractivity contribution in [1.82, 2.24) is 5.32 Å². The average molecular weight is 249 g/mol. The van der Waals surface area contributed by atoms with Crippen molar-refractivity contribution >= 4 is 0 Å². The van der Waals surface area contributed by atoms with Crippen molar-refractivity contribution in [3.05, 3.63) is 29.8 Å². The molecular weight excluding hydrogens is 222 g/mol. The Kier molecular flexibility index (Phi) is 6.81. The van der Waals surface area contributed by atoms with E-state index in [0.29, 0.717) is 6.04 Å². The number of benzene rings is 1. The van der Waals surface area contributed by atoms with E-state index in [2.05, 4.69) is 38.2 Å². The zero-order valence-electron chi connectivity index (χ0n) is 12.2. The van der Waals surface area contributed by atoms with Gasteiger partial charge in [0.2, 0.25) is 0 Å². The molecule has 2 nitrogen and oxygen atoms in total. The van der Waals surface area contributed by atoms with Crippen LogP contribution in [0, 0.1) is 5.92 Å². The van der Waals surface area contributed by atoms with Crippen molar-refractivity contribution < 1.29 is 4.74 Å². The van der Waals surface area contributed by atoms with Gasteiger partial charge in [-0.05, 0) is 49.4 Å². The van der Waals surface area contributed by atoms with Crippen LogP contribution in [0.5, 0.6) is 5.75 Å². The van der Waals surface area contributed by atoms with Crippen LogP contribution in [-0.2, 0) is 6.42 Å². The topological polar surface area (TPSA) is 21.3 Å². The van der Waals surface area contributed by atoms with Gasteiger partial charge in [0.05, 0.1) is 7.11 Å². The summed E-state index contributed by atoms with van der Waals surface area (Å²) in [7, 11) is 1.71. The van der Waals surface area contributed by atoms with Gasteiger partial charge in [0.15, 0.2) is 0 Å². The molecule has 1 aromatic carbocycles. The third-order valence-corrected chi connectivity index (χ3v) is 3.20. The monoisotopic (exact) mass is 249 g/mol. The lowest BCUT2D eigenvalue weighted by Crippen LogP contribution is -2.27. The second-order valence-corrected chi connectivity index (χ2v) is 5.41. The van der Waals surface area contributed by atoms with Crippen LogP contribution >= 0.6 is 0 Å². The molecule has 0 saturated heterocycles. The van der Waals surface area contributed by atoms with Gasteiger partial charge in [-0.15, -0.1) is 0 Å². The van der Waals surface area contributed by atoms with Crippen LogP contribution in [0.15, 0.2) is 24.3 Å². The predicted molar refractivity (Wildman–Crippen MR) is 78.2 cm³/mol. The highest BCUT2D eigenvalue weighted by atomic mass is 16.5. The fraction of sp³-hybridized carbons (Fsp3) is 0.625. The Hall–Kier alpha value is -1.02. The molecule has 0 spiro atoms. The summed E-state index contributed by atoms with van der Waals surface area (Å²) in [5, 5.41) is 3.49. The molecule has 0 aliphatic carbocycles. The van der Waals surface area contributed by atoms with Gasteiger partial charge in [-0.1, -0.05) is 32.9 Å². The van der Waals surface area contributed by atoms with E-state index in [-0.39, 0.29) is 0 Å². The Labute approximate surface area is 112 Å². The number of hydrogen-bond acceptors (Lipinski definition) is 2. The first kappa shape index (κ1) is 15.0. The largest absolute Gasteiger partial charge is 0.497 e. The van der Waals surface area contributed by atoms with Gasteiger partial charge < -0.3 is 10.1 Å². The lowest BCUT2D eigenvalue weighted by atomic mass is 10.0. The highest BCUT2D eigenvalue weighted by Gasteiger charge is 2.03. The molecule has 1 atom stereocenters. The van der Waals surface area contributed by atoms with E-state index in [1.54, 1.807) is 7.11 Å². The van der Waals surface area contributed by atoms with Gasteiger partial charge in [0.25, 0.3) is 0 Å². The normalized spacial score (nSPS) is 12.7. The molecule has 0 bridgehead atoms. The molecule has 0 aromatic heterocycles. The lowest BCUT2D eigenvalue weighted by molar-refractivity contribution is 0.414. The Morgan fingerprint density at radius 2 is 1.78 bits per heavy atom. The van der Waals surface area contributed by atoms with E-state index in [0.717, 1.165) is 24.6 Å². The van der Waals surface area contributed by atoms with E-state index in [4.69, 9.17) is 4.74 Å². The second kappa shape index (κ2) is 8.15. The Morgan fingerprint density at radius 3 is 2.33 bits per heavy atom. The van der Waals surface area contributed by atoms with E-state index in [1.165, 1.54) is 18.4 Å². The number of methoxy groups -OCH3 is 1. The summed E-state index contributed by atoms with van der Waals surface area (Å²) in [5.41, 5.74) is 1.40. The molecule has 0 amide bonds. The van der Waals surface area contributed by atoms with Gasteiger partial charge in [-0.25, -0.2) is 0 Å². The van der Waals surface area contributed by atoms with E-state index in [9.17, 15) is 0 Å². The van der Waals surface area contributed by atoms with E-state index >= 15 is 0 Å². The molecular formula is C16H27NO. The minimum absolute atomic E-state index is 0.592. The quantitative estimate of drug-likeness (QED) is 0.759. The van der Waals surface area contributed by atoms with Crippen LogP contribution < -0.4 is 10.1 Å². The van der Waals surface area contributed by atoms with Gasteiger partial charge >= 0.3 is 0 Å². The molecule has 1 N–H and O–H groups in total. The van der Waals surface area contributed by atoms with Crippen molar-refractivity contribution in [3.63, 3.8) is 0 Å². The Bertz CT molecular complexity index is 318. The van der Waals surface area contributed by atoms with Gasteiger partial charge in [-0.2, -0.15) is 0 Å². The van der Waals surface area contributed by atoms with Crippen LogP contribution in [0.2, 0.25) is 0 Å². The van der Waals surface area contributed by atoms with E-state index in [1.807, 2.05) is 12.1 Å². The van der Waals surface area contributed by atoms with Crippen LogP contribution in [0.4, 0.5) is 0 Å². The third kappa shape index (κ3) is 6.06. The summed E-state index contributed by atoms with van der Waals surface area (Å²) >= 11 is 0. The predicted octanol–water partition coefficient (Wildman–Crippen LogP) is 3.65. The summed E-state index contributed by atoms with van der Waals surface area (Å²) < 4.78 is 5.16. The van der Waals surface area contributed by atoms with Gasteiger partial charge in [-0.3, -0.25) is 0 Å². The van der Waals surface area contributed by atoms with Gasteiger partial charge in [0, 0.05) is 6.04 Å². The molecule has 1 rings (SSSR count). The Morgan fingerprint density at radius 1 is 1.11 bits per heavy atom. The van der Waals surface area contributed by atoms with Crippen LogP contribution in [0.3, 0.4) is 0 Å². The van der Waals surface area contributed by atoms with E-state index < -0.39 is 0 Å². The molecule has 2 heteroatoms. The summed E-state index contributed by atoms with van der Waals surface area (Å²) in [6.07, 6.45) is 3.70. The maximum Gasteiger partial charge on any atom is 0.118 e. The maximum absolute atomic E-state index is 5.16. The molecule has 102 valence electrons. The van der Waals surface area contributed by atoms with Crippen molar-refractivity contribution in [2.75, 3.05) is 13.7 Å². The van der Waals surface area contributed by atoms with Crippen LogP contribution in [-0.4, -0.2) is 19.7 Å². The van der Waals surface area contributed by atoms with Crippen LogP contribution in [0.25, 0.3) is 0 Å². The lowest BCUT2D eigenvalue weighted by Gasteiger charge is -2.14. The second-order valence-electron chi connectivity index (χ2n) is 5.41. The molecule has 18 heavy (non-hydrogen) atoms. The smallest absolute Gasteiger partial charge is 0.118 e.